The zero-order valence-electron chi connectivity index (χ0n) is 13.0. The molecule has 2 aromatic rings. The van der Waals surface area contributed by atoms with Crippen LogP contribution in [0.1, 0.15) is 17.2 Å². The van der Waals surface area contributed by atoms with E-state index in [9.17, 15) is 27.1 Å². The zero-order valence-corrected chi connectivity index (χ0v) is 13.0. The molecule has 8 heteroatoms. The molecule has 0 aliphatic rings. The van der Waals surface area contributed by atoms with Crippen LogP contribution in [0.25, 0.3) is 0 Å². The normalized spacial score (nSPS) is 12.9. The Hall–Kier alpha value is -2.19. The smallest absolute Gasteiger partial charge is 0.422 e. The molecular formula is C17H16F5NO2. The van der Waals surface area contributed by atoms with Gasteiger partial charge in [-0.05, 0) is 23.8 Å². The van der Waals surface area contributed by atoms with Gasteiger partial charge in [0.05, 0.1) is 6.10 Å². The molecule has 0 aromatic heterocycles. The van der Waals surface area contributed by atoms with E-state index in [0.717, 1.165) is 11.6 Å². The minimum absolute atomic E-state index is 0.0227. The van der Waals surface area contributed by atoms with Crippen molar-refractivity contribution in [3.05, 3.63) is 65.2 Å². The lowest BCUT2D eigenvalue weighted by atomic mass is 10.1. The molecule has 2 N–H and O–H groups in total. The number of rotatable bonds is 7. The van der Waals surface area contributed by atoms with Crippen molar-refractivity contribution in [1.29, 1.82) is 0 Å². The average molecular weight is 361 g/mol. The Morgan fingerprint density at radius 2 is 1.72 bits per heavy atom. The second kappa shape index (κ2) is 8.26. The molecule has 1 unspecified atom stereocenters. The lowest BCUT2D eigenvalue weighted by Gasteiger charge is -2.13. The largest absolute Gasteiger partial charge is 0.484 e. The number of aliphatic hydroxyl groups is 1. The number of ether oxygens (including phenoxy) is 1. The van der Waals surface area contributed by atoms with Gasteiger partial charge in [0.25, 0.3) is 0 Å². The predicted molar refractivity (Wildman–Crippen MR) is 81.0 cm³/mol. The van der Waals surface area contributed by atoms with Gasteiger partial charge in [0.15, 0.2) is 6.61 Å². The van der Waals surface area contributed by atoms with E-state index in [2.05, 4.69) is 10.1 Å². The molecule has 2 rings (SSSR count). The van der Waals surface area contributed by atoms with Crippen LogP contribution in [-0.2, 0) is 6.54 Å². The van der Waals surface area contributed by atoms with E-state index in [-0.39, 0.29) is 17.9 Å². The molecule has 136 valence electrons. The average Bonchev–Trinajstić information content (AvgIpc) is 2.53. The first-order chi connectivity index (χ1) is 11.7. The first-order valence-corrected chi connectivity index (χ1v) is 7.37. The molecule has 0 amide bonds. The molecule has 0 aliphatic heterocycles. The van der Waals surface area contributed by atoms with Gasteiger partial charge in [0, 0.05) is 24.7 Å². The van der Waals surface area contributed by atoms with Crippen LogP contribution in [-0.4, -0.2) is 24.4 Å². The third kappa shape index (κ3) is 6.32. The van der Waals surface area contributed by atoms with Crippen LogP contribution >= 0.6 is 0 Å². The lowest BCUT2D eigenvalue weighted by molar-refractivity contribution is -0.153. The molecule has 2 aromatic carbocycles. The lowest BCUT2D eigenvalue weighted by Crippen LogP contribution is -2.22. The van der Waals surface area contributed by atoms with Gasteiger partial charge in [0.1, 0.15) is 17.4 Å². The Balaban J connectivity index is 1.81. The molecule has 3 nitrogen and oxygen atoms in total. The summed E-state index contributed by atoms with van der Waals surface area (Å²) in [6.45, 7) is -1.03. The monoisotopic (exact) mass is 361 g/mol. The summed E-state index contributed by atoms with van der Waals surface area (Å²) in [4.78, 5) is 0. The van der Waals surface area contributed by atoms with Crippen molar-refractivity contribution in [1.82, 2.24) is 5.32 Å². The summed E-state index contributed by atoms with van der Waals surface area (Å²) in [5.74, 6) is -1.47. The zero-order chi connectivity index (χ0) is 18.4. The van der Waals surface area contributed by atoms with Crippen LogP contribution in [0.3, 0.4) is 0 Å². The molecule has 1 atom stereocenters. The Morgan fingerprint density at radius 3 is 2.32 bits per heavy atom. The number of benzene rings is 2. The van der Waals surface area contributed by atoms with Gasteiger partial charge in [0.2, 0.25) is 0 Å². The highest BCUT2D eigenvalue weighted by molar-refractivity contribution is 5.27. The molecule has 0 spiro atoms. The molecule has 0 fully saturated rings. The second-order valence-electron chi connectivity index (χ2n) is 5.36. The first-order valence-electron chi connectivity index (χ1n) is 7.37. The SMILES string of the molecule is OC(CNCc1ccc(OCC(F)(F)F)cc1)c1ccc(F)cc1F. The van der Waals surface area contributed by atoms with E-state index in [1.54, 1.807) is 12.1 Å². The Morgan fingerprint density at radius 1 is 1.04 bits per heavy atom. The third-order valence-corrected chi connectivity index (χ3v) is 3.31. The summed E-state index contributed by atoms with van der Waals surface area (Å²) >= 11 is 0. The summed E-state index contributed by atoms with van der Waals surface area (Å²) < 4.78 is 67.1. The highest BCUT2D eigenvalue weighted by atomic mass is 19.4. The van der Waals surface area contributed by atoms with Crippen LogP contribution in [0.15, 0.2) is 42.5 Å². The maximum atomic E-state index is 13.5. The molecule has 0 aliphatic carbocycles. The van der Waals surface area contributed by atoms with Crippen molar-refractivity contribution < 1.29 is 31.8 Å². The molecule has 0 saturated heterocycles. The Kier molecular flexibility index (Phi) is 6.33. The number of hydrogen-bond donors (Lipinski definition) is 2. The highest BCUT2D eigenvalue weighted by Crippen LogP contribution is 2.19. The maximum Gasteiger partial charge on any atom is 0.422 e. The summed E-state index contributed by atoms with van der Waals surface area (Å²) in [5.41, 5.74) is 0.718. The van der Waals surface area contributed by atoms with Crippen LogP contribution < -0.4 is 10.1 Å². The molecule has 25 heavy (non-hydrogen) atoms. The molecule has 0 bridgehead atoms. The number of nitrogens with one attached hydrogen (secondary N) is 1. The van der Waals surface area contributed by atoms with Gasteiger partial charge in [-0.3, -0.25) is 0 Å². The number of alkyl halides is 3. The topological polar surface area (TPSA) is 41.5 Å². The number of hydrogen-bond acceptors (Lipinski definition) is 3. The number of aliphatic hydroxyl groups excluding tert-OH is 1. The fourth-order valence-corrected chi connectivity index (χ4v) is 2.10. The van der Waals surface area contributed by atoms with Gasteiger partial charge in [-0.15, -0.1) is 0 Å². The first kappa shape index (κ1) is 19.1. The van der Waals surface area contributed by atoms with Crippen molar-refractivity contribution in [2.24, 2.45) is 0 Å². The fraction of sp³-hybridized carbons (Fsp3) is 0.294. The quantitative estimate of drug-likeness (QED) is 0.739. The highest BCUT2D eigenvalue weighted by Gasteiger charge is 2.28. The van der Waals surface area contributed by atoms with E-state index in [1.165, 1.54) is 18.2 Å². The maximum absolute atomic E-state index is 13.5. The summed E-state index contributed by atoms with van der Waals surface area (Å²) in [6, 6.07) is 8.87. The van der Waals surface area contributed by atoms with Gasteiger partial charge in [-0.2, -0.15) is 13.2 Å². The molecule has 0 heterocycles. The van der Waals surface area contributed by atoms with Gasteiger partial charge >= 0.3 is 6.18 Å². The van der Waals surface area contributed by atoms with Gasteiger partial charge in [-0.25, -0.2) is 8.78 Å². The second-order valence-corrected chi connectivity index (χ2v) is 5.36. The number of halogens is 5. The molecule has 0 saturated carbocycles. The van der Waals surface area contributed by atoms with Gasteiger partial charge < -0.3 is 15.2 Å². The van der Waals surface area contributed by atoms with Crippen LogP contribution in [0.5, 0.6) is 5.75 Å². The van der Waals surface area contributed by atoms with Crippen LogP contribution in [0.4, 0.5) is 22.0 Å². The Labute approximate surface area is 141 Å². The fourth-order valence-electron chi connectivity index (χ4n) is 2.10. The van der Waals surface area contributed by atoms with E-state index in [0.29, 0.717) is 12.6 Å². The van der Waals surface area contributed by atoms with Gasteiger partial charge in [-0.1, -0.05) is 18.2 Å². The predicted octanol–water partition coefficient (Wildman–Crippen LogP) is 3.73. The molecule has 0 radical (unpaired) electrons. The van der Waals surface area contributed by atoms with E-state index in [1.807, 2.05) is 0 Å². The van der Waals surface area contributed by atoms with Crippen molar-refractivity contribution in [2.75, 3.05) is 13.2 Å². The molecular weight excluding hydrogens is 345 g/mol. The summed E-state index contributed by atoms with van der Waals surface area (Å²) in [7, 11) is 0. The summed E-state index contributed by atoms with van der Waals surface area (Å²) in [5, 5.41) is 12.8. The van der Waals surface area contributed by atoms with Crippen LogP contribution in [0, 0.1) is 11.6 Å². The van der Waals surface area contributed by atoms with Crippen molar-refractivity contribution in [3.63, 3.8) is 0 Å². The van der Waals surface area contributed by atoms with Crippen molar-refractivity contribution >= 4 is 0 Å². The van der Waals surface area contributed by atoms with Crippen LogP contribution in [0.2, 0.25) is 0 Å². The van der Waals surface area contributed by atoms with Crippen molar-refractivity contribution in [3.8, 4) is 5.75 Å². The van der Waals surface area contributed by atoms with E-state index in [4.69, 9.17) is 0 Å². The minimum atomic E-state index is -4.40. The third-order valence-electron chi connectivity index (χ3n) is 3.31. The standard InChI is InChI=1S/C17H16F5NO2/c18-12-3-6-14(15(19)7-12)16(24)9-23-8-11-1-4-13(5-2-11)25-10-17(20,21)22/h1-7,16,23-24H,8-10H2. The Bertz CT molecular complexity index is 688. The van der Waals surface area contributed by atoms with E-state index < -0.39 is 30.5 Å². The minimum Gasteiger partial charge on any atom is -0.484 e. The summed E-state index contributed by atoms with van der Waals surface area (Å²) in [6.07, 6.45) is -5.55. The van der Waals surface area contributed by atoms with E-state index >= 15 is 0 Å². The van der Waals surface area contributed by atoms with Crippen molar-refractivity contribution in [2.45, 2.75) is 18.8 Å².